The van der Waals surface area contributed by atoms with Gasteiger partial charge in [-0.25, -0.2) is 4.98 Å². The number of H-pyrrole nitrogens is 1. The Morgan fingerprint density at radius 2 is 2.05 bits per heavy atom. The predicted octanol–water partition coefficient (Wildman–Crippen LogP) is 2.58. The first-order valence-electron chi connectivity index (χ1n) is 7.11. The molecule has 2 heterocycles. The van der Waals surface area contributed by atoms with Crippen molar-refractivity contribution in [3.05, 3.63) is 11.6 Å². The fraction of sp³-hybridized carbons (Fsp3) is 0.786. The fourth-order valence-electron chi connectivity index (χ4n) is 2.40. The number of aromatic amines is 1. The van der Waals surface area contributed by atoms with Gasteiger partial charge in [-0.2, -0.15) is 0 Å². The molecule has 0 spiro atoms. The number of carbonyl (C=O) groups is 1. The van der Waals surface area contributed by atoms with Crippen molar-refractivity contribution in [1.29, 1.82) is 0 Å². The molecule has 5 nitrogen and oxygen atoms in total. The highest BCUT2D eigenvalue weighted by Gasteiger charge is 2.27. The molecule has 1 aliphatic rings. The second-order valence-corrected chi connectivity index (χ2v) is 6.51. The van der Waals surface area contributed by atoms with Crippen LogP contribution in [0.1, 0.15) is 69.3 Å². The molecule has 1 aliphatic heterocycles. The van der Waals surface area contributed by atoms with Crippen molar-refractivity contribution >= 4 is 5.91 Å². The van der Waals surface area contributed by atoms with Crippen LogP contribution in [0.15, 0.2) is 0 Å². The van der Waals surface area contributed by atoms with Crippen LogP contribution in [0.2, 0.25) is 0 Å². The summed E-state index contributed by atoms with van der Waals surface area (Å²) < 4.78 is 0. The number of rotatable bonds is 2. The third-order valence-corrected chi connectivity index (χ3v) is 3.87. The predicted molar refractivity (Wildman–Crippen MR) is 74.0 cm³/mol. The zero-order valence-corrected chi connectivity index (χ0v) is 12.4. The van der Waals surface area contributed by atoms with Crippen molar-refractivity contribution in [2.24, 2.45) is 5.41 Å². The van der Waals surface area contributed by atoms with Crippen LogP contribution in [0, 0.1) is 5.41 Å². The summed E-state index contributed by atoms with van der Waals surface area (Å²) >= 11 is 0. The van der Waals surface area contributed by atoms with Crippen molar-refractivity contribution in [2.75, 3.05) is 13.1 Å². The van der Waals surface area contributed by atoms with Crippen molar-refractivity contribution in [3.8, 4) is 0 Å². The van der Waals surface area contributed by atoms with E-state index in [0.717, 1.165) is 31.8 Å². The Balaban J connectivity index is 2.06. The van der Waals surface area contributed by atoms with E-state index in [1.807, 2.05) is 18.7 Å². The summed E-state index contributed by atoms with van der Waals surface area (Å²) in [5, 5.41) is 6.90. The SMILES string of the molecule is CC(C)c1nc(C(=O)N2CCCC(C)(C)CC2)n[nH]1. The Kier molecular flexibility index (Phi) is 3.92. The van der Waals surface area contributed by atoms with Crippen LogP contribution < -0.4 is 0 Å². The van der Waals surface area contributed by atoms with Crippen LogP contribution in [0.3, 0.4) is 0 Å². The quantitative estimate of drug-likeness (QED) is 0.893. The second-order valence-electron chi connectivity index (χ2n) is 6.51. The lowest BCUT2D eigenvalue weighted by atomic mass is 9.85. The van der Waals surface area contributed by atoms with Gasteiger partial charge in [0.1, 0.15) is 5.82 Å². The molecule has 0 radical (unpaired) electrons. The van der Waals surface area contributed by atoms with Crippen LogP contribution >= 0.6 is 0 Å². The van der Waals surface area contributed by atoms with E-state index in [4.69, 9.17) is 0 Å². The number of nitrogens with one attached hydrogen (secondary N) is 1. The van der Waals surface area contributed by atoms with E-state index in [2.05, 4.69) is 29.0 Å². The Labute approximate surface area is 114 Å². The van der Waals surface area contributed by atoms with Gasteiger partial charge < -0.3 is 4.90 Å². The van der Waals surface area contributed by atoms with Crippen LogP contribution in [0.4, 0.5) is 0 Å². The van der Waals surface area contributed by atoms with Crippen LogP contribution in [-0.2, 0) is 0 Å². The molecule has 0 aromatic carbocycles. The molecule has 1 amide bonds. The van der Waals surface area contributed by atoms with Crippen molar-refractivity contribution in [3.63, 3.8) is 0 Å². The summed E-state index contributed by atoms with van der Waals surface area (Å²) in [6, 6.07) is 0. The molecule has 1 aromatic heterocycles. The van der Waals surface area contributed by atoms with E-state index in [1.54, 1.807) is 0 Å². The molecule has 1 saturated heterocycles. The molecule has 0 unspecified atom stereocenters. The molecule has 0 atom stereocenters. The highest BCUT2D eigenvalue weighted by Crippen LogP contribution is 2.30. The van der Waals surface area contributed by atoms with Crippen LogP contribution in [0.25, 0.3) is 0 Å². The molecule has 1 aromatic rings. The molecular weight excluding hydrogens is 240 g/mol. The Morgan fingerprint density at radius 1 is 1.32 bits per heavy atom. The average Bonchev–Trinajstić information content (AvgIpc) is 2.75. The summed E-state index contributed by atoms with van der Waals surface area (Å²) in [6.45, 7) is 10.2. The van der Waals surface area contributed by atoms with Crippen LogP contribution in [-0.4, -0.2) is 39.1 Å². The van der Waals surface area contributed by atoms with Gasteiger partial charge in [0.15, 0.2) is 0 Å². The van der Waals surface area contributed by atoms with Gasteiger partial charge in [0.25, 0.3) is 5.91 Å². The van der Waals surface area contributed by atoms with Gasteiger partial charge >= 0.3 is 0 Å². The first kappa shape index (κ1) is 14.0. The molecule has 0 aliphatic carbocycles. The van der Waals surface area contributed by atoms with E-state index < -0.39 is 0 Å². The lowest BCUT2D eigenvalue weighted by Crippen LogP contribution is -2.33. The van der Waals surface area contributed by atoms with E-state index in [0.29, 0.717) is 11.2 Å². The number of aromatic nitrogens is 3. The minimum Gasteiger partial charge on any atom is -0.336 e. The molecule has 19 heavy (non-hydrogen) atoms. The molecule has 2 rings (SSSR count). The van der Waals surface area contributed by atoms with Gasteiger partial charge in [0.05, 0.1) is 0 Å². The number of nitrogens with zero attached hydrogens (tertiary/aromatic N) is 3. The van der Waals surface area contributed by atoms with Gasteiger partial charge in [0, 0.05) is 19.0 Å². The maximum absolute atomic E-state index is 12.4. The van der Waals surface area contributed by atoms with Crippen molar-refractivity contribution < 1.29 is 4.79 Å². The van der Waals surface area contributed by atoms with E-state index in [-0.39, 0.29) is 11.8 Å². The molecule has 0 bridgehead atoms. The number of likely N-dealkylation sites (tertiary alicyclic amines) is 1. The van der Waals surface area contributed by atoms with Crippen molar-refractivity contribution in [2.45, 2.75) is 52.9 Å². The van der Waals surface area contributed by atoms with Gasteiger partial charge in [-0.3, -0.25) is 9.89 Å². The minimum absolute atomic E-state index is 0.0409. The fourth-order valence-corrected chi connectivity index (χ4v) is 2.40. The second kappa shape index (κ2) is 5.31. The molecule has 0 saturated carbocycles. The van der Waals surface area contributed by atoms with E-state index in [1.165, 1.54) is 6.42 Å². The number of hydrogen-bond donors (Lipinski definition) is 1. The first-order chi connectivity index (χ1) is 8.89. The van der Waals surface area contributed by atoms with E-state index >= 15 is 0 Å². The topological polar surface area (TPSA) is 61.9 Å². The monoisotopic (exact) mass is 264 g/mol. The third kappa shape index (κ3) is 3.33. The Morgan fingerprint density at radius 3 is 2.68 bits per heavy atom. The number of amides is 1. The highest BCUT2D eigenvalue weighted by molar-refractivity contribution is 5.90. The summed E-state index contributed by atoms with van der Waals surface area (Å²) in [5.74, 6) is 1.31. The summed E-state index contributed by atoms with van der Waals surface area (Å²) in [5.41, 5.74) is 0.330. The van der Waals surface area contributed by atoms with Gasteiger partial charge in [-0.15, -0.1) is 5.10 Å². The van der Waals surface area contributed by atoms with Crippen LogP contribution in [0.5, 0.6) is 0 Å². The zero-order valence-electron chi connectivity index (χ0n) is 12.4. The van der Waals surface area contributed by atoms with E-state index in [9.17, 15) is 4.79 Å². The standard InChI is InChI=1S/C14H24N4O/c1-10(2)11-15-12(17-16-11)13(19)18-8-5-6-14(3,4)7-9-18/h10H,5-9H2,1-4H3,(H,15,16,17). The average molecular weight is 264 g/mol. The van der Waals surface area contributed by atoms with Gasteiger partial charge in [-0.05, 0) is 24.7 Å². The summed E-state index contributed by atoms with van der Waals surface area (Å²) in [6.07, 6.45) is 3.27. The lowest BCUT2D eigenvalue weighted by Gasteiger charge is -2.22. The van der Waals surface area contributed by atoms with Crippen molar-refractivity contribution in [1.82, 2.24) is 20.1 Å². The third-order valence-electron chi connectivity index (χ3n) is 3.87. The summed E-state index contributed by atoms with van der Waals surface area (Å²) in [4.78, 5) is 18.6. The Hall–Kier alpha value is -1.39. The lowest BCUT2D eigenvalue weighted by molar-refractivity contribution is 0.0745. The molecular formula is C14H24N4O. The van der Waals surface area contributed by atoms with Gasteiger partial charge in [-0.1, -0.05) is 27.7 Å². The smallest absolute Gasteiger partial charge is 0.293 e. The van der Waals surface area contributed by atoms with Gasteiger partial charge in [0.2, 0.25) is 5.82 Å². The molecule has 5 heteroatoms. The Bertz CT molecular complexity index is 450. The molecule has 1 fully saturated rings. The minimum atomic E-state index is -0.0409. The normalized spacial score (nSPS) is 19.5. The highest BCUT2D eigenvalue weighted by atomic mass is 16.2. The first-order valence-corrected chi connectivity index (χ1v) is 7.11. The number of carbonyl (C=O) groups excluding carboxylic acids is 1. The molecule has 1 N–H and O–H groups in total. The number of hydrogen-bond acceptors (Lipinski definition) is 3. The maximum atomic E-state index is 12.4. The maximum Gasteiger partial charge on any atom is 0.293 e. The summed E-state index contributed by atoms with van der Waals surface area (Å²) in [7, 11) is 0. The zero-order chi connectivity index (χ0) is 14.0. The molecule has 106 valence electrons. The largest absolute Gasteiger partial charge is 0.336 e.